The number of rotatable bonds is 8. The van der Waals surface area contributed by atoms with Gasteiger partial charge in [-0.2, -0.15) is 0 Å². The van der Waals surface area contributed by atoms with E-state index in [0.29, 0.717) is 18.4 Å². The lowest BCUT2D eigenvalue weighted by Crippen LogP contribution is -2.39. The summed E-state index contributed by atoms with van der Waals surface area (Å²) in [5.41, 5.74) is 2.29. The smallest absolute Gasteiger partial charge is 0.122 e. The number of phenolic OH excluding ortho intramolecular Hbond substituents is 1. The van der Waals surface area contributed by atoms with Gasteiger partial charge in [-0.1, -0.05) is 30.3 Å². The van der Waals surface area contributed by atoms with E-state index in [-0.39, 0.29) is 6.10 Å². The second kappa shape index (κ2) is 9.77. The van der Waals surface area contributed by atoms with E-state index in [2.05, 4.69) is 24.0 Å². The lowest BCUT2D eigenvalue weighted by atomic mass is 9.91. The van der Waals surface area contributed by atoms with Crippen LogP contribution in [0.25, 0.3) is 0 Å². The summed E-state index contributed by atoms with van der Waals surface area (Å²) in [6.07, 6.45) is 4.61. The lowest BCUT2D eigenvalue weighted by molar-refractivity contribution is 0.0675. The Hall–Kier alpha value is -2.04. The zero-order valence-electron chi connectivity index (χ0n) is 16.2. The molecule has 0 spiro atoms. The first kappa shape index (κ1) is 19.7. The number of aliphatic hydroxyl groups excluding tert-OH is 1. The summed E-state index contributed by atoms with van der Waals surface area (Å²) in [4.78, 5) is 2.49. The standard InChI is InChI=1S/C23H31NO3/c1-18-6-2-3-9-23(18)27-15-5-14-24(20-10-12-21(25)13-11-20)17-19-7-4-8-22(26)16-19/h2-4,6-9,16,20-21,25-26H,5,10-15,17H2,1H3. The molecule has 27 heavy (non-hydrogen) atoms. The number of nitrogens with zero attached hydrogens (tertiary/aromatic N) is 1. The van der Waals surface area contributed by atoms with Crippen molar-refractivity contribution in [2.45, 2.75) is 57.7 Å². The maximum atomic E-state index is 9.83. The molecule has 0 saturated heterocycles. The Labute approximate surface area is 162 Å². The van der Waals surface area contributed by atoms with E-state index >= 15 is 0 Å². The van der Waals surface area contributed by atoms with Crippen LogP contribution >= 0.6 is 0 Å². The molecule has 2 N–H and O–H groups in total. The molecular formula is C23H31NO3. The third kappa shape index (κ3) is 5.98. The number of ether oxygens (including phenoxy) is 1. The summed E-state index contributed by atoms with van der Waals surface area (Å²) in [6.45, 7) is 4.52. The average molecular weight is 370 g/mol. The normalized spacial score (nSPS) is 20.0. The number of para-hydroxylation sites is 1. The SMILES string of the molecule is Cc1ccccc1OCCCN(Cc1cccc(O)c1)C1CCC(O)CC1. The highest BCUT2D eigenvalue weighted by atomic mass is 16.5. The van der Waals surface area contributed by atoms with Crippen LogP contribution in [0.4, 0.5) is 0 Å². The van der Waals surface area contributed by atoms with E-state index in [1.807, 2.05) is 30.3 Å². The van der Waals surface area contributed by atoms with Crippen LogP contribution < -0.4 is 4.74 Å². The topological polar surface area (TPSA) is 52.9 Å². The second-order valence-electron chi connectivity index (χ2n) is 7.57. The van der Waals surface area contributed by atoms with Gasteiger partial charge in [0.1, 0.15) is 11.5 Å². The van der Waals surface area contributed by atoms with Crippen molar-refractivity contribution in [3.8, 4) is 11.5 Å². The molecule has 0 unspecified atom stereocenters. The molecule has 0 amide bonds. The molecule has 2 aromatic carbocycles. The molecular weight excluding hydrogens is 338 g/mol. The predicted molar refractivity (Wildman–Crippen MR) is 108 cm³/mol. The van der Waals surface area contributed by atoms with Crippen molar-refractivity contribution >= 4 is 0 Å². The first-order valence-corrected chi connectivity index (χ1v) is 10.0. The third-order valence-corrected chi connectivity index (χ3v) is 5.42. The maximum Gasteiger partial charge on any atom is 0.122 e. The van der Waals surface area contributed by atoms with Gasteiger partial charge in [0.15, 0.2) is 0 Å². The monoisotopic (exact) mass is 369 g/mol. The summed E-state index contributed by atoms with van der Waals surface area (Å²) >= 11 is 0. The highest BCUT2D eigenvalue weighted by molar-refractivity contribution is 5.31. The van der Waals surface area contributed by atoms with Gasteiger partial charge in [-0.25, -0.2) is 0 Å². The van der Waals surface area contributed by atoms with Gasteiger partial charge in [-0.15, -0.1) is 0 Å². The highest BCUT2D eigenvalue weighted by Gasteiger charge is 2.24. The molecule has 1 aliphatic carbocycles. The van der Waals surface area contributed by atoms with Gasteiger partial charge in [0, 0.05) is 19.1 Å². The van der Waals surface area contributed by atoms with Crippen LogP contribution in [-0.4, -0.2) is 40.4 Å². The molecule has 4 heteroatoms. The molecule has 0 bridgehead atoms. The van der Waals surface area contributed by atoms with E-state index in [1.54, 1.807) is 6.07 Å². The van der Waals surface area contributed by atoms with Crippen LogP contribution in [0.15, 0.2) is 48.5 Å². The van der Waals surface area contributed by atoms with Crippen molar-refractivity contribution in [2.75, 3.05) is 13.2 Å². The quantitative estimate of drug-likeness (QED) is 0.682. The molecule has 146 valence electrons. The second-order valence-corrected chi connectivity index (χ2v) is 7.57. The number of aryl methyl sites for hydroxylation is 1. The van der Waals surface area contributed by atoms with Crippen LogP contribution in [-0.2, 0) is 6.54 Å². The van der Waals surface area contributed by atoms with E-state index < -0.39 is 0 Å². The fourth-order valence-corrected chi connectivity index (χ4v) is 3.87. The Kier molecular flexibility index (Phi) is 7.13. The number of aliphatic hydroxyl groups is 1. The zero-order chi connectivity index (χ0) is 19.1. The average Bonchev–Trinajstić information content (AvgIpc) is 2.66. The minimum atomic E-state index is -0.145. The fourth-order valence-electron chi connectivity index (χ4n) is 3.87. The van der Waals surface area contributed by atoms with Crippen molar-refractivity contribution in [1.82, 2.24) is 4.90 Å². The van der Waals surface area contributed by atoms with E-state index in [1.165, 1.54) is 0 Å². The third-order valence-electron chi connectivity index (χ3n) is 5.42. The van der Waals surface area contributed by atoms with Gasteiger partial charge in [-0.05, 0) is 68.4 Å². The largest absolute Gasteiger partial charge is 0.508 e. The molecule has 1 aliphatic rings. The van der Waals surface area contributed by atoms with Crippen molar-refractivity contribution in [1.29, 1.82) is 0 Å². The van der Waals surface area contributed by atoms with Gasteiger partial charge in [0.05, 0.1) is 12.7 Å². The summed E-state index contributed by atoms with van der Waals surface area (Å²) in [5, 5.41) is 19.6. The first-order valence-electron chi connectivity index (χ1n) is 10.0. The Bertz CT molecular complexity index is 710. The molecule has 3 rings (SSSR count). The lowest BCUT2D eigenvalue weighted by Gasteiger charge is -2.36. The molecule has 0 aliphatic heterocycles. The zero-order valence-corrected chi connectivity index (χ0v) is 16.2. The van der Waals surface area contributed by atoms with Crippen LogP contribution in [0.1, 0.15) is 43.2 Å². The molecule has 0 atom stereocenters. The van der Waals surface area contributed by atoms with Gasteiger partial charge < -0.3 is 14.9 Å². The Balaban J connectivity index is 1.56. The summed E-state index contributed by atoms with van der Waals surface area (Å²) in [5.74, 6) is 1.27. The van der Waals surface area contributed by atoms with Gasteiger partial charge in [0.25, 0.3) is 0 Å². The summed E-state index contributed by atoms with van der Waals surface area (Å²) in [7, 11) is 0. The minimum Gasteiger partial charge on any atom is -0.508 e. The molecule has 4 nitrogen and oxygen atoms in total. The molecule has 2 aromatic rings. The van der Waals surface area contributed by atoms with Crippen LogP contribution in [0.5, 0.6) is 11.5 Å². The minimum absolute atomic E-state index is 0.145. The van der Waals surface area contributed by atoms with Gasteiger partial charge in [0.2, 0.25) is 0 Å². The van der Waals surface area contributed by atoms with Crippen molar-refractivity contribution in [3.05, 3.63) is 59.7 Å². The Morgan fingerprint density at radius 1 is 1.04 bits per heavy atom. The first-order chi connectivity index (χ1) is 13.1. The predicted octanol–water partition coefficient (Wildman–Crippen LogP) is 4.28. The van der Waals surface area contributed by atoms with E-state index in [4.69, 9.17) is 4.74 Å². The number of hydrogen-bond acceptors (Lipinski definition) is 4. The highest BCUT2D eigenvalue weighted by Crippen LogP contribution is 2.25. The Morgan fingerprint density at radius 2 is 1.81 bits per heavy atom. The fraction of sp³-hybridized carbons (Fsp3) is 0.478. The van der Waals surface area contributed by atoms with Crippen molar-refractivity contribution in [2.24, 2.45) is 0 Å². The number of hydrogen-bond donors (Lipinski definition) is 2. The van der Waals surface area contributed by atoms with Crippen molar-refractivity contribution < 1.29 is 14.9 Å². The molecule has 0 heterocycles. The molecule has 1 fully saturated rings. The molecule has 0 aromatic heterocycles. The maximum absolute atomic E-state index is 9.83. The summed E-state index contributed by atoms with van der Waals surface area (Å²) < 4.78 is 5.95. The van der Waals surface area contributed by atoms with Crippen LogP contribution in [0.2, 0.25) is 0 Å². The number of phenols is 1. The van der Waals surface area contributed by atoms with E-state index in [9.17, 15) is 10.2 Å². The Morgan fingerprint density at radius 3 is 2.56 bits per heavy atom. The van der Waals surface area contributed by atoms with E-state index in [0.717, 1.165) is 62.1 Å². The van der Waals surface area contributed by atoms with Crippen molar-refractivity contribution in [3.63, 3.8) is 0 Å². The van der Waals surface area contributed by atoms with Crippen LogP contribution in [0, 0.1) is 6.92 Å². The number of aromatic hydroxyl groups is 1. The number of benzene rings is 2. The molecule has 1 saturated carbocycles. The van der Waals surface area contributed by atoms with Crippen LogP contribution in [0.3, 0.4) is 0 Å². The van der Waals surface area contributed by atoms with Gasteiger partial charge in [-0.3, -0.25) is 4.90 Å². The van der Waals surface area contributed by atoms with Gasteiger partial charge >= 0.3 is 0 Å². The molecule has 0 radical (unpaired) electrons. The summed E-state index contributed by atoms with van der Waals surface area (Å²) in [6, 6.07) is 16.1.